The van der Waals surface area contributed by atoms with Crippen molar-refractivity contribution in [1.29, 1.82) is 0 Å². The Labute approximate surface area is 125 Å². The number of nitrogens with zero attached hydrogens (tertiary/aromatic N) is 1. The zero-order chi connectivity index (χ0) is 15.5. The maximum Gasteiger partial charge on any atom is 0.432 e. The van der Waals surface area contributed by atoms with Crippen LogP contribution in [0.3, 0.4) is 0 Å². The van der Waals surface area contributed by atoms with Crippen molar-refractivity contribution in [2.45, 2.75) is 50.2 Å². The molecule has 0 unspecified atom stereocenters. The number of nitrogens with one attached hydrogen (secondary N) is 2. The molecule has 7 heteroatoms. The van der Waals surface area contributed by atoms with Crippen LogP contribution < -0.4 is 5.32 Å². The number of carbonyl (C=O) groups is 1. The zero-order valence-electron chi connectivity index (χ0n) is 12.0. The minimum Gasteiger partial charge on any atom is -0.345 e. The Morgan fingerprint density at radius 1 is 1.18 bits per heavy atom. The molecule has 4 bridgehead atoms. The fraction of sp³-hybridized carbons (Fsp3) is 0.733. The second kappa shape index (κ2) is 4.49. The van der Waals surface area contributed by atoms with Crippen molar-refractivity contribution in [2.75, 3.05) is 0 Å². The number of rotatable bonds is 2. The lowest BCUT2D eigenvalue weighted by Gasteiger charge is -2.56. The van der Waals surface area contributed by atoms with Gasteiger partial charge in [-0.2, -0.15) is 18.3 Å². The van der Waals surface area contributed by atoms with E-state index in [1.54, 1.807) is 0 Å². The summed E-state index contributed by atoms with van der Waals surface area (Å²) in [6.07, 6.45) is 2.11. The van der Waals surface area contributed by atoms with Crippen LogP contribution in [0.4, 0.5) is 13.2 Å². The van der Waals surface area contributed by atoms with Crippen molar-refractivity contribution in [3.8, 4) is 0 Å². The molecule has 2 N–H and O–H groups in total. The SMILES string of the molecule is O=C(NC12CC3CC(CC(C3)C1)C2)c1cc(C(F)(F)F)[nH]n1. The van der Waals surface area contributed by atoms with Gasteiger partial charge in [0, 0.05) is 11.6 Å². The van der Waals surface area contributed by atoms with Crippen LogP contribution >= 0.6 is 0 Å². The number of amides is 1. The standard InChI is InChI=1S/C15H18F3N3O/c16-15(17,18)12-4-11(20-21-12)13(22)19-14-5-8-1-9(6-14)3-10(2-8)7-14/h4,8-10H,1-3,5-7H2,(H,19,22)(H,20,21). The number of halogens is 3. The minimum absolute atomic E-state index is 0.178. The largest absolute Gasteiger partial charge is 0.432 e. The van der Waals surface area contributed by atoms with Gasteiger partial charge in [0.15, 0.2) is 5.69 Å². The highest BCUT2D eigenvalue weighted by Crippen LogP contribution is 2.55. The van der Waals surface area contributed by atoms with Gasteiger partial charge in [0.2, 0.25) is 0 Å². The van der Waals surface area contributed by atoms with Gasteiger partial charge in [-0.05, 0) is 56.3 Å². The number of H-pyrrole nitrogens is 1. The summed E-state index contributed by atoms with van der Waals surface area (Å²) in [5.41, 5.74) is -1.38. The molecule has 5 rings (SSSR count). The van der Waals surface area contributed by atoms with Crippen molar-refractivity contribution in [3.05, 3.63) is 17.5 Å². The van der Waals surface area contributed by atoms with E-state index in [9.17, 15) is 18.0 Å². The van der Waals surface area contributed by atoms with E-state index < -0.39 is 17.8 Å². The second-order valence-corrected chi connectivity index (χ2v) is 7.32. The minimum atomic E-state index is -4.51. The smallest absolute Gasteiger partial charge is 0.345 e. The average molecular weight is 313 g/mol. The van der Waals surface area contributed by atoms with Gasteiger partial charge >= 0.3 is 6.18 Å². The molecular weight excluding hydrogens is 295 g/mol. The normalized spacial score (nSPS) is 36.6. The van der Waals surface area contributed by atoms with Crippen LogP contribution in [0, 0.1) is 17.8 Å². The first-order chi connectivity index (χ1) is 10.3. The molecule has 0 aromatic carbocycles. The molecule has 4 aliphatic rings. The molecular formula is C15H18F3N3O. The molecule has 0 spiro atoms. The molecule has 0 aliphatic heterocycles. The Kier molecular flexibility index (Phi) is 2.87. The van der Waals surface area contributed by atoms with Crippen LogP contribution in [0.5, 0.6) is 0 Å². The Morgan fingerprint density at radius 2 is 1.73 bits per heavy atom. The van der Waals surface area contributed by atoms with E-state index >= 15 is 0 Å². The van der Waals surface area contributed by atoms with Gasteiger partial charge in [-0.3, -0.25) is 9.89 Å². The summed E-state index contributed by atoms with van der Waals surface area (Å²) in [5, 5.41) is 8.44. The summed E-state index contributed by atoms with van der Waals surface area (Å²) in [6, 6.07) is 0.788. The number of aromatic nitrogens is 2. The Hall–Kier alpha value is -1.53. The molecule has 0 atom stereocenters. The summed E-state index contributed by atoms with van der Waals surface area (Å²) in [7, 11) is 0. The van der Waals surface area contributed by atoms with Crippen molar-refractivity contribution in [1.82, 2.24) is 15.5 Å². The lowest BCUT2D eigenvalue weighted by molar-refractivity contribution is -0.141. The molecule has 1 amide bonds. The number of alkyl halides is 3. The summed E-state index contributed by atoms with van der Waals surface area (Å²) in [6.45, 7) is 0. The molecule has 0 radical (unpaired) electrons. The Morgan fingerprint density at radius 3 is 2.18 bits per heavy atom. The fourth-order valence-corrected chi connectivity index (χ4v) is 5.15. The molecule has 22 heavy (non-hydrogen) atoms. The van der Waals surface area contributed by atoms with Gasteiger partial charge in [0.05, 0.1) is 0 Å². The molecule has 4 aliphatic carbocycles. The first kappa shape index (κ1) is 14.1. The van der Waals surface area contributed by atoms with Gasteiger partial charge in [-0.15, -0.1) is 0 Å². The molecule has 4 fully saturated rings. The lowest BCUT2D eigenvalue weighted by atomic mass is 9.53. The van der Waals surface area contributed by atoms with Crippen LogP contribution in [-0.2, 0) is 6.18 Å². The van der Waals surface area contributed by atoms with Crippen molar-refractivity contribution >= 4 is 5.91 Å². The Balaban J connectivity index is 1.51. The maximum absolute atomic E-state index is 12.6. The van der Waals surface area contributed by atoms with E-state index in [1.807, 2.05) is 5.10 Å². The molecule has 1 heterocycles. The fourth-order valence-electron chi connectivity index (χ4n) is 5.15. The number of carbonyl (C=O) groups excluding carboxylic acids is 1. The van der Waals surface area contributed by atoms with Gasteiger partial charge in [-0.25, -0.2) is 0 Å². The van der Waals surface area contributed by atoms with Crippen LogP contribution in [0.2, 0.25) is 0 Å². The van der Waals surface area contributed by atoms with Gasteiger partial charge in [0.25, 0.3) is 5.91 Å². The summed E-state index contributed by atoms with van der Waals surface area (Å²) in [5.74, 6) is 1.50. The predicted octanol–water partition coefficient (Wildman–Crippen LogP) is 3.13. The molecule has 1 aromatic heterocycles. The highest BCUT2D eigenvalue weighted by molar-refractivity contribution is 5.93. The summed E-state index contributed by atoms with van der Waals surface area (Å²) >= 11 is 0. The van der Waals surface area contributed by atoms with E-state index in [-0.39, 0.29) is 11.2 Å². The number of aromatic amines is 1. The summed E-state index contributed by atoms with van der Waals surface area (Å²) < 4.78 is 37.7. The van der Waals surface area contributed by atoms with Crippen molar-refractivity contribution < 1.29 is 18.0 Å². The van der Waals surface area contributed by atoms with E-state index in [0.717, 1.165) is 25.3 Å². The summed E-state index contributed by atoms with van der Waals surface area (Å²) in [4.78, 5) is 12.3. The quantitative estimate of drug-likeness (QED) is 0.881. The zero-order valence-corrected chi connectivity index (χ0v) is 12.0. The van der Waals surface area contributed by atoms with Crippen LogP contribution in [0.1, 0.15) is 54.7 Å². The lowest BCUT2D eigenvalue weighted by Crippen LogP contribution is -2.59. The molecule has 120 valence electrons. The maximum atomic E-state index is 12.6. The van der Waals surface area contributed by atoms with Crippen molar-refractivity contribution in [2.24, 2.45) is 17.8 Å². The first-order valence-corrected chi connectivity index (χ1v) is 7.78. The second-order valence-electron chi connectivity index (χ2n) is 7.32. The highest BCUT2D eigenvalue weighted by atomic mass is 19.4. The van der Waals surface area contributed by atoms with Crippen LogP contribution in [0.25, 0.3) is 0 Å². The van der Waals surface area contributed by atoms with Crippen molar-refractivity contribution in [3.63, 3.8) is 0 Å². The number of hydrogen-bond donors (Lipinski definition) is 2. The third-order valence-corrected chi connectivity index (χ3v) is 5.53. The van der Waals surface area contributed by atoms with Gasteiger partial charge < -0.3 is 5.32 Å². The third kappa shape index (κ3) is 2.30. The highest BCUT2D eigenvalue weighted by Gasteiger charge is 2.51. The topological polar surface area (TPSA) is 57.8 Å². The third-order valence-electron chi connectivity index (χ3n) is 5.53. The van der Waals surface area contributed by atoms with E-state index in [2.05, 4.69) is 10.4 Å². The molecule has 4 saturated carbocycles. The molecule has 4 nitrogen and oxygen atoms in total. The van der Waals surface area contributed by atoms with Crippen LogP contribution in [-0.4, -0.2) is 21.6 Å². The van der Waals surface area contributed by atoms with Crippen LogP contribution in [0.15, 0.2) is 6.07 Å². The average Bonchev–Trinajstić information content (AvgIpc) is 2.85. The van der Waals surface area contributed by atoms with Gasteiger partial charge in [0.1, 0.15) is 5.69 Å². The Bertz CT molecular complexity index is 572. The van der Waals surface area contributed by atoms with E-state index in [4.69, 9.17) is 0 Å². The number of hydrogen-bond acceptors (Lipinski definition) is 2. The van der Waals surface area contributed by atoms with Gasteiger partial charge in [-0.1, -0.05) is 0 Å². The molecule has 0 saturated heterocycles. The predicted molar refractivity (Wildman–Crippen MR) is 72.0 cm³/mol. The first-order valence-electron chi connectivity index (χ1n) is 7.78. The monoisotopic (exact) mass is 313 g/mol. The molecule has 1 aromatic rings. The van der Waals surface area contributed by atoms with E-state index in [1.165, 1.54) is 19.3 Å². The van der Waals surface area contributed by atoms with E-state index in [0.29, 0.717) is 17.8 Å².